The van der Waals surface area contributed by atoms with Gasteiger partial charge in [0.05, 0.1) is 6.61 Å². The van der Waals surface area contributed by atoms with E-state index in [-0.39, 0.29) is 6.61 Å². The molecule has 0 spiro atoms. The first-order valence-corrected chi connectivity index (χ1v) is 11.3. The summed E-state index contributed by atoms with van der Waals surface area (Å²) in [5, 5.41) is 12.7. The Balaban J connectivity index is 1.90. The quantitative estimate of drug-likeness (QED) is 0.513. The third kappa shape index (κ3) is 6.96. The third-order valence-electron chi connectivity index (χ3n) is 5.57. The molecule has 0 saturated carbocycles. The molecule has 1 aromatic carbocycles. The van der Waals surface area contributed by atoms with E-state index in [2.05, 4.69) is 43.1 Å². The molecule has 168 valence electrons. The average molecular weight is 431 g/mol. The summed E-state index contributed by atoms with van der Waals surface area (Å²) < 4.78 is 6.27. The Morgan fingerprint density at radius 2 is 2.09 bits per heavy atom. The van der Waals surface area contributed by atoms with E-state index in [1.165, 1.54) is 5.57 Å². The molecule has 4 heteroatoms. The molecule has 1 aliphatic heterocycles. The molecule has 0 radical (unpaired) electrons. The van der Waals surface area contributed by atoms with E-state index in [1.54, 1.807) is 6.08 Å². The molecule has 1 atom stereocenters. The van der Waals surface area contributed by atoms with Crippen molar-refractivity contribution in [1.29, 1.82) is 0 Å². The van der Waals surface area contributed by atoms with E-state index in [0.29, 0.717) is 12.5 Å². The molecule has 4 nitrogen and oxygen atoms in total. The topological polar surface area (TPSA) is 53.8 Å². The van der Waals surface area contributed by atoms with Crippen molar-refractivity contribution in [2.45, 2.75) is 46.1 Å². The van der Waals surface area contributed by atoms with Crippen molar-refractivity contribution in [3.05, 3.63) is 107 Å². The Bertz CT molecular complexity index is 978. The first kappa shape index (κ1) is 23.6. The number of aliphatic hydroxyl groups excluding tert-OH is 1. The average Bonchev–Trinajstić information content (AvgIpc) is 2.99. The molecule has 0 amide bonds. The van der Waals surface area contributed by atoms with E-state index < -0.39 is 0 Å². The molecule has 0 saturated heterocycles. The maximum atomic E-state index is 9.26. The highest BCUT2D eigenvalue weighted by Crippen LogP contribution is 2.32. The first-order valence-electron chi connectivity index (χ1n) is 11.3. The van der Waals surface area contributed by atoms with Crippen LogP contribution >= 0.6 is 0 Å². The van der Waals surface area contributed by atoms with Crippen molar-refractivity contribution in [3.8, 4) is 0 Å². The number of rotatable bonds is 7. The van der Waals surface area contributed by atoms with Gasteiger partial charge in [0.2, 0.25) is 0 Å². The second-order valence-corrected chi connectivity index (χ2v) is 8.42. The van der Waals surface area contributed by atoms with Crippen molar-refractivity contribution >= 4 is 5.84 Å². The van der Waals surface area contributed by atoms with Crippen LogP contribution in [0.4, 0.5) is 0 Å². The summed E-state index contributed by atoms with van der Waals surface area (Å²) in [7, 11) is 0. The predicted molar refractivity (Wildman–Crippen MR) is 133 cm³/mol. The van der Waals surface area contributed by atoms with Crippen LogP contribution in [0.25, 0.3) is 0 Å². The van der Waals surface area contributed by atoms with Crippen molar-refractivity contribution in [1.82, 2.24) is 5.32 Å². The number of nitrogens with zero attached hydrogens (tertiary/aromatic N) is 1. The summed E-state index contributed by atoms with van der Waals surface area (Å²) in [5.74, 6) is 2.27. The molecule has 32 heavy (non-hydrogen) atoms. The molecule has 2 aliphatic rings. The van der Waals surface area contributed by atoms with Gasteiger partial charge in [0.15, 0.2) is 0 Å². The molecule has 1 aliphatic carbocycles. The second-order valence-electron chi connectivity index (χ2n) is 8.42. The van der Waals surface area contributed by atoms with Crippen LogP contribution in [0.2, 0.25) is 0 Å². The maximum Gasteiger partial charge on any atom is 0.145 e. The molecule has 1 aromatic rings. The number of aliphatic hydroxyl groups is 1. The number of benzene rings is 1. The predicted octanol–water partition coefficient (Wildman–Crippen LogP) is 6.12. The highest BCUT2D eigenvalue weighted by molar-refractivity contribution is 5.85. The summed E-state index contributed by atoms with van der Waals surface area (Å²) in [6, 6.07) is 10.2. The van der Waals surface area contributed by atoms with Gasteiger partial charge in [-0.3, -0.25) is 0 Å². The number of ether oxygens (including phenoxy) is 1. The summed E-state index contributed by atoms with van der Waals surface area (Å²) >= 11 is 0. The molecule has 0 bridgehead atoms. The van der Waals surface area contributed by atoms with Gasteiger partial charge < -0.3 is 15.2 Å². The Kier molecular flexibility index (Phi) is 8.88. The van der Waals surface area contributed by atoms with Crippen LogP contribution in [0, 0.1) is 5.92 Å². The van der Waals surface area contributed by atoms with Crippen LogP contribution in [0.3, 0.4) is 0 Å². The first-order chi connectivity index (χ1) is 15.6. The standard InChI is InChI=1S/C28H34N2O2/c1-4-25(16-14-22(3)19-31)29-27-17-15-21(2)18-24-12-8-9-13-26(28(24)30-27)32-20-23-10-6-5-7-11-23/h4-11,13-14,16,21,31H,1,12,15,17-20H2,2-3H3,(H,29,30)/b22-14+,25-16+. The Morgan fingerprint density at radius 1 is 1.28 bits per heavy atom. The number of amidine groups is 1. The van der Waals surface area contributed by atoms with E-state index in [9.17, 15) is 5.11 Å². The van der Waals surface area contributed by atoms with Gasteiger partial charge >= 0.3 is 0 Å². The van der Waals surface area contributed by atoms with Crippen LogP contribution in [0.5, 0.6) is 0 Å². The highest BCUT2D eigenvalue weighted by atomic mass is 16.5. The van der Waals surface area contributed by atoms with E-state index in [4.69, 9.17) is 9.73 Å². The summed E-state index contributed by atoms with van der Waals surface area (Å²) in [6.45, 7) is 8.66. The molecule has 0 fully saturated rings. The Labute approximate surface area is 192 Å². The number of nitrogens with one attached hydrogen (secondary N) is 1. The normalized spacial score (nSPS) is 19.8. The largest absolute Gasteiger partial charge is 0.487 e. The number of hydrogen-bond acceptors (Lipinski definition) is 4. The Hall–Kier alpha value is -3.11. The Morgan fingerprint density at radius 3 is 2.84 bits per heavy atom. The fourth-order valence-electron chi connectivity index (χ4n) is 3.68. The zero-order chi connectivity index (χ0) is 22.8. The van der Waals surface area contributed by atoms with Crippen LogP contribution in [-0.4, -0.2) is 17.5 Å². The van der Waals surface area contributed by atoms with Gasteiger partial charge in [-0.1, -0.05) is 62.1 Å². The van der Waals surface area contributed by atoms with Crippen molar-refractivity contribution in [2.24, 2.45) is 10.9 Å². The fraction of sp³-hybridized carbons (Fsp3) is 0.321. The lowest BCUT2D eigenvalue weighted by atomic mass is 9.92. The SMILES string of the molecule is C=C/C(=C\C=C(/C)CO)NC1=NC2=C(CC=CC=C2OCc2ccccc2)CC(C)CC1. The summed E-state index contributed by atoms with van der Waals surface area (Å²) in [4.78, 5) is 5.07. The van der Waals surface area contributed by atoms with Gasteiger partial charge in [0.1, 0.15) is 23.9 Å². The number of allylic oxidation sites excluding steroid dienone is 7. The molecule has 0 aromatic heterocycles. The number of hydrogen-bond donors (Lipinski definition) is 2. The van der Waals surface area contributed by atoms with E-state index in [1.807, 2.05) is 43.4 Å². The molecular weight excluding hydrogens is 396 g/mol. The number of aliphatic imine (C=N–C) groups is 1. The van der Waals surface area contributed by atoms with Gasteiger partial charge in [-0.15, -0.1) is 0 Å². The van der Waals surface area contributed by atoms with E-state index in [0.717, 1.165) is 59.8 Å². The van der Waals surface area contributed by atoms with Gasteiger partial charge in [-0.05, 0) is 67.0 Å². The summed E-state index contributed by atoms with van der Waals surface area (Å²) in [6.07, 6.45) is 15.7. The van der Waals surface area contributed by atoms with Crippen LogP contribution < -0.4 is 5.32 Å². The minimum absolute atomic E-state index is 0.0372. The fourth-order valence-corrected chi connectivity index (χ4v) is 3.68. The van der Waals surface area contributed by atoms with Crippen molar-refractivity contribution in [3.63, 3.8) is 0 Å². The van der Waals surface area contributed by atoms with Gasteiger partial charge in [-0.2, -0.15) is 0 Å². The van der Waals surface area contributed by atoms with Gasteiger partial charge in [-0.25, -0.2) is 4.99 Å². The zero-order valence-corrected chi connectivity index (χ0v) is 19.2. The van der Waals surface area contributed by atoms with Crippen molar-refractivity contribution < 1.29 is 9.84 Å². The second kappa shape index (κ2) is 12.1. The highest BCUT2D eigenvalue weighted by Gasteiger charge is 2.20. The molecule has 3 rings (SSSR count). The smallest absolute Gasteiger partial charge is 0.145 e. The monoisotopic (exact) mass is 430 g/mol. The molecule has 2 N–H and O–H groups in total. The van der Waals surface area contributed by atoms with Crippen molar-refractivity contribution in [2.75, 3.05) is 6.61 Å². The zero-order valence-electron chi connectivity index (χ0n) is 19.2. The minimum atomic E-state index is 0.0372. The third-order valence-corrected chi connectivity index (χ3v) is 5.57. The summed E-state index contributed by atoms with van der Waals surface area (Å²) in [5.41, 5.74) is 5.12. The lowest BCUT2D eigenvalue weighted by Gasteiger charge is -2.22. The lowest BCUT2D eigenvalue weighted by Crippen LogP contribution is -2.24. The maximum absolute atomic E-state index is 9.26. The molecule has 1 heterocycles. The van der Waals surface area contributed by atoms with Gasteiger partial charge in [0, 0.05) is 12.1 Å². The van der Waals surface area contributed by atoms with E-state index >= 15 is 0 Å². The lowest BCUT2D eigenvalue weighted by molar-refractivity contribution is 0.205. The van der Waals surface area contributed by atoms with Crippen LogP contribution in [0.15, 0.2) is 107 Å². The molecular formula is C28H34N2O2. The van der Waals surface area contributed by atoms with Crippen LogP contribution in [0.1, 0.15) is 45.1 Å². The van der Waals surface area contributed by atoms with Gasteiger partial charge in [0.25, 0.3) is 0 Å². The minimum Gasteiger partial charge on any atom is -0.487 e. The van der Waals surface area contributed by atoms with Crippen LogP contribution in [-0.2, 0) is 11.3 Å². The molecule has 1 unspecified atom stereocenters.